The van der Waals surface area contributed by atoms with E-state index >= 15 is 0 Å². The summed E-state index contributed by atoms with van der Waals surface area (Å²) in [7, 11) is 0. The highest BCUT2D eigenvalue weighted by molar-refractivity contribution is 5.62. The topological polar surface area (TPSA) is 0 Å². The molecule has 20 aliphatic carbocycles. The van der Waals surface area contributed by atoms with E-state index in [0.717, 1.165) is 88.8 Å². The lowest BCUT2D eigenvalue weighted by Gasteiger charge is -2.66. The molecule has 0 nitrogen and oxygen atoms in total. The second kappa shape index (κ2) is 10.6. The maximum absolute atomic E-state index is 5.22. The van der Waals surface area contributed by atoms with Crippen LogP contribution in [0, 0.1) is 94.8 Å². The molecule has 0 heterocycles. The van der Waals surface area contributed by atoms with Gasteiger partial charge in [-0.05, 0) is 342 Å². The Kier molecular flexibility index (Phi) is 6.25. The molecular formula is C56H75. The van der Waals surface area contributed by atoms with Crippen LogP contribution >= 0.6 is 0 Å². The third-order valence-electron chi connectivity index (χ3n) is 24.1. The molecule has 20 bridgehead atoms. The van der Waals surface area contributed by atoms with Gasteiger partial charge in [0.25, 0.3) is 0 Å². The first-order valence-corrected chi connectivity index (χ1v) is 26.4. The summed E-state index contributed by atoms with van der Waals surface area (Å²) in [4.78, 5) is 0. The fourth-order valence-electron chi connectivity index (χ4n) is 25.1. The van der Waals surface area contributed by atoms with Gasteiger partial charge in [-0.25, -0.2) is 0 Å². The van der Waals surface area contributed by atoms with Crippen molar-refractivity contribution in [1.29, 1.82) is 0 Å². The summed E-state index contributed by atoms with van der Waals surface area (Å²) >= 11 is 0. The van der Waals surface area contributed by atoms with E-state index in [4.69, 9.17) is 6.07 Å². The van der Waals surface area contributed by atoms with Crippen molar-refractivity contribution in [2.45, 2.75) is 220 Å². The quantitative estimate of drug-likeness (QED) is 0.281. The van der Waals surface area contributed by atoms with E-state index in [0.29, 0.717) is 27.1 Å². The number of hydrogen-bond acceptors (Lipinski definition) is 0. The van der Waals surface area contributed by atoms with Crippen LogP contribution in [-0.2, 0) is 27.1 Å². The molecule has 0 amide bonds. The standard InChI is InChI=1S/C56H75/c1-32-2-34-3-33(1)18-52(17-32,19-34)47-16-48(53-20-35-4-36(21-53)6-37(5-35)22-53)50(55-26-41-10-42(27-55)12-43(11-41)28-55)51(56-29-44-13-45(30-56)15-46(14-44)31-56)49(47)54-23-38-7-39(24-54)9-40(8-38)25-54/h32-46H,1-15,17-31H2. The smallest absolute Gasteiger partial charge is 0.00298 e. The van der Waals surface area contributed by atoms with Crippen LogP contribution in [0.4, 0.5) is 0 Å². The summed E-state index contributed by atoms with van der Waals surface area (Å²) < 4.78 is 0. The molecule has 0 spiro atoms. The predicted molar refractivity (Wildman–Crippen MR) is 225 cm³/mol. The van der Waals surface area contributed by atoms with E-state index < -0.39 is 0 Å². The Labute approximate surface area is 341 Å². The normalized spacial score (nSPS) is 60.7. The van der Waals surface area contributed by atoms with E-state index in [2.05, 4.69) is 27.8 Å². The Morgan fingerprint density at radius 3 is 0.571 bits per heavy atom. The fourth-order valence-corrected chi connectivity index (χ4v) is 25.1. The lowest BCUT2D eigenvalue weighted by atomic mass is 9.38. The minimum atomic E-state index is 0.474. The molecule has 1 radical (unpaired) electrons. The van der Waals surface area contributed by atoms with Crippen LogP contribution in [0.3, 0.4) is 0 Å². The van der Waals surface area contributed by atoms with Gasteiger partial charge < -0.3 is 0 Å². The summed E-state index contributed by atoms with van der Waals surface area (Å²) in [6.07, 6.45) is 48.0. The Morgan fingerprint density at radius 2 is 0.375 bits per heavy atom. The SMILES string of the molecule is [c]1c(C23CC4CC(CC(C4)C2)C3)c(C23CC4CC(CC(C4)C2)C3)c(C23CC4CC(CC(C4)C2)C3)c(C23CC4CC(CC(C4)C2)C3)c1C12CC3CC(CC(C3)C1)C2. The number of rotatable bonds is 5. The summed E-state index contributed by atoms with van der Waals surface area (Å²) in [5.74, 6) is 15.6. The monoisotopic (exact) mass is 748 g/mol. The van der Waals surface area contributed by atoms with Crippen molar-refractivity contribution in [3.05, 3.63) is 33.9 Å². The van der Waals surface area contributed by atoms with E-state index in [1.165, 1.54) is 0 Å². The third kappa shape index (κ3) is 4.28. The molecule has 21 rings (SSSR count). The Hall–Kier alpha value is -0.780. The van der Waals surface area contributed by atoms with Crippen molar-refractivity contribution in [1.82, 2.24) is 0 Å². The second-order valence-corrected chi connectivity index (χ2v) is 28.0. The third-order valence-corrected chi connectivity index (χ3v) is 24.1. The van der Waals surface area contributed by atoms with Crippen LogP contribution in [0.1, 0.15) is 220 Å². The van der Waals surface area contributed by atoms with Gasteiger partial charge in [0.05, 0.1) is 0 Å². The molecule has 0 N–H and O–H groups in total. The summed E-state index contributed by atoms with van der Waals surface area (Å²) in [5, 5.41) is 0. The van der Waals surface area contributed by atoms with Gasteiger partial charge in [-0.3, -0.25) is 0 Å². The molecule has 20 fully saturated rings. The molecule has 0 unspecified atom stereocenters. The van der Waals surface area contributed by atoms with Crippen molar-refractivity contribution >= 4 is 0 Å². The van der Waals surface area contributed by atoms with Crippen molar-refractivity contribution in [3.63, 3.8) is 0 Å². The molecule has 299 valence electrons. The first kappa shape index (κ1) is 32.9. The second-order valence-electron chi connectivity index (χ2n) is 28.0. The van der Waals surface area contributed by atoms with Gasteiger partial charge in [-0.1, -0.05) is 0 Å². The predicted octanol–water partition coefficient (Wildman–Crippen LogP) is 13.8. The maximum atomic E-state index is 5.22. The van der Waals surface area contributed by atoms with Gasteiger partial charge in [-0.2, -0.15) is 0 Å². The highest BCUT2D eigenvalue weighted by Gasteiger charge is 2.65. The highest BCUT2D eigenvalue weighted by Crippen LogP contribution is 2.74. The summed E-state index contributed by atoms with van der Waals surface area (Å²) in [6.45, 7) is 0. The molecule has 20 aliphatic rings. The lowest BCUT2D eigenvalue weighted by molar-refractivity contribution is -0.0326. The van der Waals surface area contributed by atoms with Gasteiger partial charge in [0.2, 0.25) is 0 Å². The highest BCUT2D eigenvalue weighted by atomic mass is 14.7. The van der Waals surface area contributed by atoms with E-state index in [1.807, 2.05) is 0 Å². The van der Waals surface area contributed by atoms with Gasteiger partial charge in [0, 0.05) is 0 Å². The first-order chi connectivity index (χ1) is 27.3. The molecule has 1 aromatic rings. The Balaban J connectivity index is 1.05. The van der Waals surface area contributed by atoms with Gasteiger partial charge in [-0.15, -0.1) is 0 Å². The molecule has 20 saturated carbocycles. The van der Waals surface area contributed by atoms with Crippen LogP contribution in [0.5, 0.6) is 0 Å². The van der Waals surface area contributed by atoms with Crippen molar-refractivity contribution in [2.75, 3.05) is 0 Å². The van der Waals surface area contributed by atoms with E-state index in [-0.39, 0.29) is 0 Å². The molecule has 0 atom stereocenters. The summed E-state index contributed by atoms with van der Waals surface area (Å²) in [6, 6.07) is 5.22. The minimum absolute atomic E-state index is 0.474. The largest absolute Gasteiger partial charge is 0.0475 e. The van der Waals surface area contributed by atoms with Crippen LogP contribution < -0.4 is 0 Å². The van der Waals surface area contributed by atoms with Crippen LogP contribution in [0.25, 0.3) is 0 Å². The molecule has 1 aromatic carbocycles. The van der Waals surface area contributed by atoms with E-state index in [9.17, 15) is 0 Å². The van der Waals surface area contributed by atoms with Gasteiger partial charge in [0.1, 0.15) is 0 Å². The summed E-state index contributed by atoms with van der Waals surface area (Å²) in [5.41, 5.74) is 13.3. The van der Waals surface area contributed by atoms with Crippen molar-refractivity contribution in [2.24, 2.45) is 88.8 Å². The molecule has 0 aromatic heterocycles. The zero-order valence-corrected chi connectivity index (χ0v) is 35.4. The maximum Gasteiger partial charge on any atom is -0.00298 e. The van der Waals surface area contributed by atoms with Gasteiger partial charge in [0.15, 0.2) is 0 Å². The number of benzene rings is 1. The first-order valence-electron chi connectivity index (χ1n) is 26.4. The van der Waals surface area contributed by atoms with E-state index in [1.54, 1.807) is 193 Å². The Bertz CT molecular complexity index is 1600. The molecule has 0 heteroatoms. The lowest BCUT2D eigenvalue weighted by Crippen LogP contribution is -2.58. The minimum Gasteiger partial charge on any atom is -0.0475 e. The van der Waals surface area contributed by atoms with Crippen LogP contribution in [0.15, 0.2) is 0 Å². The zero-order valence-electron chi connectivity index (χ0n) is 35.4. The van der Waals surface area contributed by atoms with Crippen molar-refractivity contribution in [3.8, 4) is 0 Å². The Morgan fingerprint density at radius 1 is 0.214 bits per heavy atom. The average molecular weight is 748 g/mol. The van der Waals surface area contributed by atoms with Gasteiger partial charge >= 0.3 is 0 Å². The molecule has 56 heavy (non-hydrogen) atoms. The molecule has 0 aliphatic heterocycles. The van der Waals surface area contributed by atoms with Crippen molar-refractivity contribution < 1.29 is 0 Å². The number of hydrogen-bond donors (Lipinski definition) is 0. The fraction of sp³-hybridized carbons (Fsp3) is 0.893. The molecule has 0 saturated heterocycles. The van der Waals surface area contributed by atoms with Crippen LogP contribution in [0.2, 0.25) is 0 Å². The zero-order chi connectivity index (χ0) is 36.0. The van der Waals surface area contributed by atoms with Crippen LogP contribution in [-0.4, -0.2) is 0 Å². The average Bonchev–Trinajstić information content (AvgIpc) is 3.11. The molecular weight excluding hydrogens is 673 g/mol.